The Balaban J connectivity index is 1.80. The molecule has 7 heteroatoms. The van der Waals surface area contributed by atoms with Gasteiger partial charge < -0.3 is 14.4 Å². The second kappa shape index (κ2) is 6.78. The summed E-state index contributed by atoms with van der Waals surface area (Å²) in [4.78, 5) is 2.27. The molecule has 0 saturated carbocycles. The molecule has 1 aromatic rings. The van der Waals surface area contributed by atoms with Crippen LogP contribution in [0.25, 0.3) is 0 Å². The van der Waals surface area contributed by atoms with E-state index in [1.807, 2.05) is 0 Å². The van der Waals surface area contributed by atoms with Crippen molar-refractivity contribution in [3.8, 4) is 0 Å². The van der Waals surface area contributed by atoms with Gasteiger partial charge in [0.05, 0.1) is 25.9 Å². The average Bonchev–Trinajstić information content (AvgIpc) is 3.12. The molecule has 0 N–H and O–H groups in total. The highest BCUT2D eigenvalue weighted by Crippen LogP contribution is 2.25. The first-order chi connectivity index (χ1) is 9.88. The maximum absolute atomic E-state index is 5.77. The Morgan fingerprint density at radius 1 is 1.25 bits per heavy atom. The molecule has 0 amide bonds. The van der Waals surface area contributed by atoms with Crippen molar-refractivity contribution in [2.75, 3.05) is 43.6 Å². The van der Waals surface area contributed by atoms with Gasteiger partial charge in [0.25, 0.3) is 0 Å². The molecule has 0 spiro atoms. The lowest BCUT2D eigenvalue weighted by Gasteiger charge is -2.28. The molecule has 0 aromatic carbocycles. The normalized spacial score (nSPS) is 23.4. The standard InChI is InChI=1S/C13H22N4O2S/c1-2-20-13-15-14-12(16-5-8-18-9-6-16)17(13)10-11-4-3-7-19-11/h11H,2-10H2,1H3. The van der Waals surface area contributed by atoms with Crippen LogP contribution in [0.2, 0.25) is 0 Å². The van der Waals surface area contributed by atoms with E-state index in [1.54, 1.807) is 11.8 Å². The van der Waals surface area contributed by atoms with E-state index in [0.29, 0.717) is 6.10 Å². The molecule has 2 saturated heterocycles. The number of hydrogen-bond donors (Lipinski definition) is 0. The Hall–Kier alpha value is -0.790. The summed E-state index contributed by atoms with van der Waals surface area (Å²) in [6.07, 6.45) is 2.61. The van der Waals surface area contributed by atoms with E-state index in [-0.39, 0.29) is 0 Å². The van der Waals surface area contributed by atoms with Crippen molar-refractivity contribution < 1.29 is 9.47 Å². The van der Waals surface area contributed by atoms with Gasteiger partial charge in [0, 0.05) is 19.7 Å². The average molecular weight is 298 g/mol. The summed E-state index contributed by atoms with van der Waals surface area (Å²) in [5, 5.41) is 9.77. The van der Waals surface area contributed by atoms with Crippen LogP contribution in [-0.4, -0.2) is 59.5 Å². The Morgan fingerprint density at radius 3 is 2.80 bits per heavy atom. The molecule has 1 atom stereocenters. The van der Waals surface area contributed by atoms with Crippen molar-refractivity contribution in [2.45, 2.75) is 37.6 Å². The van der Waals surface area contributed by atoms with E-state index in [2.05, 4.69) is 26.6 Å². The van der Waals surface area contributed by atoms with E-state index in [9.17, 15) is 0 Å². The molecule has 0 radical (unpaired) electrons. The topological polar surface area (TPSA) is 52.4 Å². The largest absolute Gasteiger partial charge is 0.378 e. The first-order valence-electron chi connectivity index (χ1n) is 7.38. The molecular formula is C13H22N4O2S. The fraction of sp³-hybridized carbons (Fsp3) is 0.846. The third kappa shape index (κ3) is 3.10. The van der Waals surface area contributed by atoms with Crippen LogP contribution in [0, 0.1) is 0 Å². The van der Waals surface area contributed by atoms with Crippen LogP contribution >= 0.6 is 11.8 Å². The van der Waals surface area contributed by atoms with Crippen LogP contribution in [0.3, 0.4) is 0 Å². The number of morpholine rings is 1. The lowest BCUT2D eigenvalue weighted by molar-refractivity contribution is 0.0942. The molecule has 1 unspecified atom stereocenters. The molecular weight excluding hydrogens is 276 g/mol. The van der Waals surface area contributed by atoms with Crippen LogP contribution in [-0.2, 0) is 16.0 Å². The van der Waals surface area contributed by atoms with E-state index < -0.39 is 0 Å². The lowest BCUT2D eigenvalue weighted by atomic mass is 10.2. The predicted octanol–water partition coefficient (Wildman–Crippen LogP) is 1.41. The summed E-state index contributed by atoms with van der Waals surface area (Å²) in [6, 6.07) is 0. The van der Waals surface area contributed by atoms with Crippen LogP contribution in [0.15, 0.2) is 5.16 Å². The van der Waals surface area contributed by atoms with Crippen LogP contribution < -0.4 is 4.90 Å². The quantitative estimate of drug-likeness (QED) is 0.766. The Labute approximate surface area is 123 Å². The smallest absolute Gasteiger partial charge is 0.228 e. The Morgan fingerprint density at radius 2 is 2.10 bits per heavy atom. The SMILES string of the molecule is CCSc1nnc(N2CCOCC2)n1CC1CCCO1. The number of aromatic nitrogens is 3. The minimum Gasteiger partial charge on any atom is -0.378 e. The first kappa shape index (κ1) is 14.2. The molecule has 2 aliphatic rings. The van der Waals surface area contributed by atoms with Gasteiger partial charge in [-0.1, -0.05) is 18.7 Å². The lowest BCUT2D eigenvalue weighted by Crippen LogP contribution is -2.38. The van der Waals surface area contributed by atoms with E-state index in [0.717, 1.165) is 69.2 Å². The highest BCUT2D eigenvalue weighted by atomic mass is 32.2. The molecule has 6 nitrogen and oxygen atoms in total. The highest BCUT2D eigenvalue weighted by molar-refractivity contribution is 7.99. The fourth-order valence-electron chi connectivity index (χ4n) is 2.67. The molecule has 0 bridgehead atoms. The van der Waals surface area contributed by atoms with Crippen molar-refractivity contribution in [3.05, 3.63) is 0 Å². The summed E-state index contributed by atoms with van der Waals surface area (Å²) in [7, 11) is 0. The van der Waals surface area contributed by atoms with Crippen molar-refractivity contribution in [1.29, 1.82) is 0 Å². The van der Waals surface area contributed by atoms with Crippen LogP contribution in [0.1, 0.15) is 19.8 Å². The summed E-state index contributed by atoms with van der Waals surface area (Å²) in [6.45, 7) is 7.20. The molecule has 112 valence electrons. The molecule has 1 aromatic heterocycles. The summed E-state index contributed by atoms with van der Waals surface area (Å²) in [5.41, 5.74) is 0. The van der Waals surface area contributed by atoms with Gasteiger partial charge in [-0.15, -0.1) is 10.2 Å². The zero-order chi connectivity index (χ0) is 13.8. The summed E-state index contributed by atoms with van der Waals surface area (Å²) < 4.78 is 13.4. The summed E-state index contributed by atoms with van der Waals surface area (Å²) >= 11 is 1.75. The molecule has 3 heterocycles. The van der Waals surface area contributed by atoms with Gasteiger partial charge in [-0.2, -0.15) is 0 Å². The van der Waals surface area contributed by atoms with Crippen molar-refractivity contribution >= 4 is 17.7 Å². The van der Waals surface area contributed by atoms with Crippen molar-refractivity contribution in [1.82, 2.24) is 14.8 Å². The van der Waals surface area contributed by atoms with E-state index in [4.69, 9.17) is 9.47 Å². The molecule has 0 aliphatic carbocycles. The minimum absolute atomic E-state index is 0.307. The number of ether oxygens (including phenoxy) is 2. The van der Waals surface area contributed by atoms with Gasteiger partial charge in [-0.05, 0) is 18.6 Å². The zero-order valence-corrected chi connectivity index (χ0v) is 12.8. The minimum atomic E-state index is 0.307. The number of thioether (sulfide) groups is 1. The van der Waals surface area contributed by atoms with Crippen molar-refractivity contribution in [2.24, 2.45) is 0 Å². The maximum atomic E-state index is 5.77. The first-order valence-corrected chi connectivity index (χ1v) is 8.37. The molecule has 2 fully saturated rings. The molecule has 3 rings (SSSR count). The number of rotatable bonds is 5. The van der Waals surface area contributed by atoms with Gasteiger partial charge in [0.15, 0.2) is 5.16 Å². The third-order valence-corrected chi connectivity index (χ3v) is 4.52. The Bertz CT molecular complexity index is 428. The predicted molar refractivity (Wildman–Crippen MR) is 78.4 cm³/mol. The molecule has 2 aliphatic heterocycles. The summed E-state index contributed by atoms with van der Waals surface area (Å²) in [5.74, 6) is 1.98. The van der Waals surface area contributed by atoms with Gasteiger partial charge in [-0.25, -0.2) is 0 Å². The highest BCUT2D eigenvalue weighted by Gasteiger charge is 2.24. The zero-order valence-electron chi connectivity index (χ0n) is 12.0. The number of hydrogen-bond acceptors (Lipinski definition) is 6. The fourth-order valence-corrected chi connectivity index (χ4v) is 3.33. The Kier molecular flexibility index (Phi) is 4.80. The number of nitrogens with zero attached hydrogens (tertiary/aromatic N) is 4. The van der Waals surface area contributed by atoms with Gasteiger partial charge >= 0.3 is 0 Å². The van der Waals surface area contributed by atoms with Crippen LogP contribution in [0.4, 0.5) is 5.95 Å². The second-order valence-electron chi connectivity index (χ2n) is 5.06. The monoisotopic (exact) mass is 298 g/mol. The van der Waals surface area contributed by atoms with Crippen molar-refractivity contribution in [3.63, 3.8) is 0 Å². The van der Waals surface area contributed by atoms with E-state index in [1.165, 1.54) is 0 Å². The maximum Gasteiger partial charge on any atom is 0.228 e. The third-order valence-electron chi connectivity index (χ3n) is 3.67. The van der Waals surface area contributed by atoms with E-state index >= 15 is 0 Å². The number of anilines is 1. The van der Waals surface area contributed by atoms with Gasteiger partial charge in [0.2, 0.25) is 5.95 Å². The molecule has 20 heavy (non-hydrogen) atoms. The van der Waals surface area contributed by atoms with Crippen LogP contribution in [0.5, 0.6) is 0 Å². The van der Waals surface area contributed by atoms with Gasteiger partial charge in [-0.3, -0.25) is 4.57 Å². The van der Waals surface area contributed by atoms with Gasteiger partial charge in [0.1, 0.15) is 0 Å². The second-order valence-corrected chi connectivity index (χ2v) is 6.29.